The maximum atomic E-state index is 9.28. The molecule has 0 aromatic heterocycles. The Morgan fingerprint density at radius 3 is 2.36 bits per heavy atom. The standard InChI is InChI=1S/C19H33N3O2.HI/c1-5-24-18(15(2)3)12-14-22-19(20-4)21-13-6-7-16-8-10-17(23)11-9-16;/h8-11,15,18,23H,5-7,12-14H2,1-4H3,(H2,20,21,22);1H. The van der Waals surface area contributed by atoms with Crippen molar-refractivity contribution in [3.05, 3.63) is 29.8 Å². The van der Waals surface area contributed by atoms with Crippen LogP contribution in [0.25, 0.3) is 0 Å². The Morgan fingerprint density at radius 2 is 1.80 bits per heavy atom. The van der Waals surface area contributed by atoms with Crippen molar-refractivity contribution in [1.29, 1.82) is 0 Å². The minimum Gasteiger partial charge on any atom is -0.508 e. The van der Waals surface area contributed by atoms with Crippen LogP contribution < -0.4 is 10.6 Å². The van der Waals surface area contributed by atoms with Gasteiger partial charge in [0.15, 0.2) is 5.96 Å². The van der Waals surface area contributed by atoms with Gasteiger partial charge in [0, 0.05) is 26.7 Å². The molecule has 1 atom stereocenters. The number of phenols is 1. The lowest BCUT2D eigenvalue weighted by Crippen LogP contribution is -2.39. The SMILES string of the molecule is CCOC(CCNC(=NC)NCCCc1ccc(O)cc1)C(C)C.I. The minimum atomic E-state index is 0. The van der Waals surface area contributed by atoms with E-state index in [1.54, 1.807) is 19.2 Å². The predicted molar refractivity (Wildman–Crippen MR) is 116 cm³/mol. The fraction of sp³-hybridized carbons (Fsp3) is 0.632. The van der Waals surface area contributed by atoms with Gasteiger partial charge in [0.2, 0.25) is 0 Å². The largest absolute Gasteiger partial charge is 0.508 e. The van der Waals surface area contributed by atoms with Crippen LogP contribution in [0.2, 0.25) is 0 Å². The molecular formula is C19H34IN3O2. The van der Waals surface area contributed by atoms with E-state index in [4.69, 9.17) is 4.74 Å². The first-order valence-corrected chi connectivity index (χ1v) is 8.90. The monoisotopic (exact) mass is 463 g/mol. The Balaban J connectivity index is 0.00000576. The molecule has 0 radical (unpaired) electrons. The van der Waals surface area contributed by atoms with E-state index in [0.717, 1.165) is 44.9 Å². The van der Waals surface area contributed by atoms with Gasteiger partial charge in [0.05, 0.1) is 6.10 Å². The van der Waals surface area contributed by atoms with Gasteiger partial charge in [-0.25, -0.2) is 0 Å². The van der Waals surface area contributed by atoms with Crippen LogP contribution in [0, 0.1) is 5.92 Å². The van der Waals surface area contributed by atoms with Crippen molar-refractivity contribution < 1.29 is 9.84 Å². The van der Waals surface area contributed by atoms with Gasteiger partial charge in [0.1, 0.15) is 5.75 Å². The number of aryl methyl sites for hydroxylation is 1. The Kier molecular flexibility index (Phi) is 13.6. The van der Waals surface area contributed by atoms with Gasteiger partial charge in [-0.3, -0.25) is 4.99 Å². The number of benzene rings is 1. The van der Waals surface area contributed by atoms with E-state index in [1.165, 1.54) is 5.56 Å². The van der Waals surface area contributed by atoms with Crippen molar-refractivity contribution in [2.75, 3.05) is 26.7 Å². The lowest BCUT2D eigenvalue weighted by Gasteiger charge is -2.21. The molecule has 5 nitrogen and oxygen atoms in total. The van der Waals surface area contributed by atoms with Gasteiger partial charge in [-0.1, -0.05) is 26.0 Å². The molecule has 144 valence electrons. The van der Waals surface area contributed by atoms with Crippen molar-refractivity contribution in [3.8, 4) is 5.75 Å². The van der Waals surface area contributed by atoms with Crippen LogP contribution in [0.5, 0.6) is 5.75 Å². The van der Waals surface area contributed by atoms with Crippen molar-refractivity contribution in [1.82, 2.24) is 10.6 Å². The van der Waals surface area contributed by atoms with Crippen molar-refractivity contribution >= 4 is 29.9 Å². The Labute approximate surface area is 169 Å². The molecule has 3 N–H and O–H groups in total. The number of phenolic OH excluding ortho intramolecular Hbond substituents is 1. The molecule has 0 aliphatic heterocycles. The zero-order valence-electron chi connectivity index (χ0n) is 15.9. The van der Waals surface area contributed by atoms with E-state index in [-0.39, 0.29) is 30.1 Å². The van der Waals surface area contributed by atoms with E-state index in [0.29, 0.717) is 11.7 Å². The molecule has 1 unspecified atom stereocenters. The summed E-state index contributed by atoms with van der Waals surface area (Å²) in [5.41, 5.74) is 1.23. The van der Waals surface area contributed by atoms with Crippen molar-refractivity contribution in [2.24, 2.45) is 10.9 Å². The van der Waals surface area contributed by atoms with Crippen LogP contribution in [0.1, 0.15) is 39.2 Å². The van der Waals surface area contributed by atoms with Gasteiger partial charge >= 0.3 is 0 Å². The summed E-state index contributed by atoms with van der Waals surface area (Å²) in [6.45, 7) is 8.89. The molecule has 1 aromatic rings. The molecule has 0 spiro atoms. The molecule has 0 amide bonds. The third-order valence-electron chi connectivity index (χ3n) is 3.94. The second-order valence-corrected chi connectivity index (χ2v) is 6.22. The third kappa shape index (κ3) is 10.5. The van der Waals surface area contributed by atoms with Crippen molar-refractivity contribution in [2.45, 2.75) is 46.1 Å². The molecule has 1 aromatic carbocycles. The smallest absolute Gasteiger partial charge is 0.190 e. The van der Waals surface area contributed by atoms with E-state index in [1.807, 2.05) is 19.1 Å². The van der Waals surface area contributed by atoms with Crippen LogP contribution in [0.4, 0.5) is 0 Å². The van der Waals surface area contributed by atoms with Gasteiger partial charge in [-0.05, 0) is 49.8 Å². The van der Waals surface area contributed by atoms with Crippen LogP contribution in [0.15, 0.2) is 29.3 Å². The maximum Gasteiger partial charge on any atom is 0.190 e. The van der Waals surface area contributed by atoms with Gasteiger partial charge in [-0.2, -0.15) is 0 Å². The molecule has 6 heteroatoms. The summed E-state index contributed by atoms with van der Waals surface area (Å²) in [5, 5.41) is 16.0. The molecule has 25 heavy (non-hydrogen) atoms. The minimum absolute atomic E-state index is 0. The number of hydrogen-bond acceptors (Lipinski definition) is 3. The van der Waals surface area contributed by atoms with Crippen LogP contribution in [-0.4, -0.2) is 43.9 Å². The number of guanidine groups is 1. The van der Waals surface area contributed by atoms with Gasteiger partial charge < -0.3 is 20.5 Å². The number of nitrogens with zero attached hydrogens (tertiary/aromatic N) is 1. The lowest BCUT2D eigenvalue weighted by molar-refractivity contribution is 0.0258. The number of nitrogens with one attached hydrogen (secondary N) is 2. The number of rotatable bonds is 10. The third-order valence-corrected chi connectivity index (χ3v) is 3.94. The highest BCUT2D eigenvalue weighted by atomic mass is 127. The summed E-state index contributed by atoms with van der Waals surface area (Å²) >= 11 is 0. The highest BCUT2D eigenvalue weighted by Crippen LogP contribution is 2.11. The summed E-state index contributed by atoms with van der Waals surface area (Å²) in [5.74, 6) is 1.67. The summed E-state index contributed by atoms with van der Waals surface area (Å²) in [6, 6.07) is 7.38. The normalized spacial score (nSPS) is 12.6. The first-order chi connectivity index (χ1) is 11.6. The average molecular weight is 463 g/mol. The number of ether oxygens (including phenoxy) is 1. The molecule has 0 aliphatic carbocycles. The number of aliphatic imine (C=N–C) groups is 1. The molecular weight excluding hydrogens is 429 g/mol. The Bertz CT molecular complexity index is 478. The molecule has 0 heterocycles. The second-order valence-electron chi connectivity index (χ2n) is 6.22. The first-order valence-electron chi connectivity index (χ1n) is 8.90. The van der Waals surface area contributed by atoms with E-state index in [2.05, 4.69) is 29.5 Å². The average Bonchev–Trinajstić information content (AvgIpc) is 2.57. The Morgan fingerprint density at radius 1 is 1.16 bits per heavy atom. The molecule has 0 bridgehead atoms. The molecule has 0 saturated heterocycles. The van der Waals surface area contributed by atoms with Crippen molar-refractivity contribution in [3.63, 3.8) is 0 Å². The number of halogens is 1. The van der Waals surface area contributed by atoms with E-state index >= 15 is 0 Å². The summed E-state index contributed by atoms with van der Waals surface area (Å²) < 4.78 is 5.76. The second kappa shape index (κ2) is 14.2. The molecule has 0 aliphatic rings. The summed E-state index contributed by atoms with van der Waals surface area (Å²) in [6.07, 6.45) is 3.25. The fourth-order valence-corrected chi connectivity index (χ4v) is 2.54. The molecule has 1 rings (SSSR count). The van der Waals surface area contributed by atoms with Gasteiger partial charge in [0.25, 0.3) is 0 Å². The highest BCUT2D eigenvalue weighted by Gasteiger charge is 2.12. The molecule has 0 fully saturated rings. The zero-order valence-corrected chi connectivity index (χ0v) is 18.2. The van der Waals surface area contributed by atoms with E-state index in [9.17, 15) is 5.11 Å². The zero-order chi connectivity index (χ0) is 17.8. The van der Waals surface area contributed by atoms with Crippen LogP contribution >= 0.6 is 24.0 Å². The summed E-state index contributed by atoms with van der Waals surface area (Å²) in [4.78, 5) is 4.25. The Hall–Kier alpha value is -1.02. The first kappa shape index (κ1) is 24.0. The highest BCUT2D eigenvalue weighted by molar-refractivity contribution is 14.0. The molecule has 0 saturated carbocycles. The summed E-state index contributed by atoms with van der Waals surface area (Å²) in [7, 11) is 1.79. The quantitative estimate of drug-likeness (QED) is 0.215. The fourth-order valence-electron chi connectivity index (χ4n) is 2.54. The number of aromatic hydroxyl groups is 1. The lowest BCUT2D eigenvalue weighted by atomic mass is 10.0. The maximum absolute atomic E-state index is 9.28. The van der Waals surface area contributed by atoms with E-state index < -0.39 is 0 Å². The van der Waals surface area contributed by atoms with Crippen LogP contribution in [0.3, 0.4) is 0 Å². The topological polar surface area (TPSA) is 65.9 Å². The predicted octanol–water partition coefficient (Wildman–Crippen LogP) is 3.56. The number of hydrogen-bond donors (Lipinski definition) is 3. The van der Waals surface area contributed by atoms with Gasteiger partial charge in [-0.15, -0.1) is 24.0 Å². The van der Waals surface area contributed by atoms with Crippen LogP contribution in [-0.2, 0) is 11.2 Å².